The van der Waals surface area contributed by atoms with Crippen LogP contribution >= 0.6 is 0 Å². The lowest BCUT2D eigenvalue weighted by atomic mass is 10.0. The molecule has 0 radical (unpaired) electrons. The summed E-state index contributed by atoms with van der Waals surface area (Å²) in [7, 11) is 0. The Balaban J connectivity index is 2.52. The van der Waals surface area contributed by atoms with E-state index in [1.165, 1.54) is 16.7 Å². The van der Waals surface area contributed by atoms with E-state index in [4.69, 9.17) is 0 Å². The van der Waals surface area contributed by atoms with Crippen molar-refractivity contribution in [1.29, 1.82) is 0 Å². The smallest absolute Gasteiger partial charge is 0.236 e. The number of carbonyl (C=O) groups is 1. The molecule has 0 spiro atoms. The molecule has 0 aliphatic heterocycles. The highest BCUT2D eigenvalue weighted by Crippen LogP contribution is 2.12. The van der Waals surface area contributed by atoms with Crippen molar-refractivity contribution in [2.75, 3.05) is 6.54 Å². The second kappa shape index (κ2) is 7.17. The molecule has 1 rings (SSSR count). The number of carbonyl (C=O) groups excluding carboxylic acids is 1. The SMILES string of the molecule is CCCNC(=O)C(C)NCc1c(C)cccc1C. The first-order valence-corrected chi connectivity index (χ1v) is 6.62. The second-order valence-electron chi connectivity index (χ2n) is 4.76. The lowest BCUT2D eigenvalue weighted by Gasteiger charge is -2.16. The van der Waals surface area contributed by atoms with Crippen molar-refractivity contribution in [2.24, 2.45) is 0 Å². The predicted molar refractivity (Wildman–Crippen MR) is 75.5 cm³/mol. The maximum Gasteiger partial charge on any atom is 0.236 e. The summed E-state index contributed by atoms with van der Waals surface area (Å²) in [6.45, 7) is 9.64. The Morgan fingerprint density at radius 3 is 2.44 bits per heavy atom. The highest BCUT2D eigenvalue weighted by molar-refractivity contribution is 5.81. The molecule has 2 N–H and O–H groups in total. The maximum absolute atomic E-state index is 11.7. The standard InChI is InChI=1S/C15H24N2O/c1-5-9-16-15(18)13(4)17-10-14-11(2)7-6-8-12(14)3/h6-8,13,17H,5,9-10H2,1-4H3,(H,16,18). The molecule has 1 amide bonds. The van der Waals surface area contributed by atoms with Gasteiger partial charge in [0.25, 0.3) is 0 Å². The highest BCUT2D eigenvalue weighted by atomic mass is 16.2. The van der Waals surface area contributed by atoms with Gasteiger partial charge in [-0.2, -0.15) is 0 Å². The van der Waals surface area contributed by atoms with Gasteiger partial charge in [0.15, 0.2) is 0 Å². The van der Waals surface area contributed by atoms with E-state index in [-0.39, 0.29) is 11.9 Å². The number of benzene rings is 1. The van der Waals surface area contributed by atoms with Gasteiger partial charge in [0.05, 0.1) is 6.04 Å². The summed E-state index contributed by atoms with van der Waals surface area (Å²) in [5.41, 5.74) is 3.82. The van der Waals surface area contributed by atoms with Gasteiger partial charge in [-0.1, -0.05) is 25.1 Å². The molecule has 1 unspecified atom stereocenters. The number of hydrogen-bond acceptors (Lipinski definition) is 2. The van der Waals surface area contributed by atoms with Crippen molar-refractivity contribution in [3.8, 4) is 0 Å². The number of aryl methyl sites for hydroxylation is 2. The minimum atomic E-state index is -0.157. The average Bonchev–Trinajstić information content (AvgIpc) is 2.35. The van der Waals surface area contributed by atoms with Crippen LogP contribution < -0.4 is 10.6 Å². The fraction of sp³-hybridized carbons (Fsp3) is 0.533. The normalized spacial score (nSPS) is 12.2. The third kappa shape index (κ3) is 4.15. The third-order valence-electron chi connectivity index (χ3n) is 3.17. The number of rotatable bonds is 6. The Hall–Kier alpha value is -1.35. The molecule has 3 heteroatoms. The molecule has 18 heavy (non-hydrogen) atoms. The Morgan fingerprint density at radius 1 is 1.28 bits per heavy atom. The van der Waals surface area contributed by atoms with Gasteiger partial charge in [0, 0.05) is 13.1 Å². The first kappa shape index (κ1) is 14.7. The molecule has 0 aliphatic carbocycles. The molecule has 3 nitrogen and oxygen atoms in total. The molecular weight excluding hydrogens is 224 g/mol. The molecule has 0 saturated carbocycles. The van der Waals surface area contributed by atoms with Crippen molar-refractivity contribution < 1.29 is 4.79 Å². The van der Waals surface area contributed by atoms with Gasteiger partial charge < -0.3 is 10.6 Å². The Kier molecular flexibility index (Phi) is 5.86. The zero-order valence-electron chi connectivity index (χ0n) is 11.8. The first-order valence-electron chi connectivity index (χ1n) is 6.62. The van der Waals surface area contributed by atoms with Gasteiger partial charge in [0.1, 0.15) is 0 Å². The summed E-state index contributed by atoms with van der Waals surface area (Å²) in [6, 6.07) is 6.11. The molecule has 100 valence electrons. The molecule has 1 aromatic carbocycles. The summed E-state index contributed by atoms with van der Waals surface area (Å²) >= 11 is 0. The van der Waals surface area contributed by atoms with Gasteiger partial charge in [-0.3, -0.25) is 4.79 Å². The van der Waals surface area contributed by atoms with Crippen molar-refractivity contribution in [3.05, 3.63) is 34.9 Å². The van der Waals surface area contributed by atoms with Gasteiger partial charge in [-0.05, 0) is 43.9 Å². The highest BCUT2D eigenvalue weighted by Gasteiger charge is 2.12. The van der Waals surface area contributed by atoms with E-state index in [2.05, 4.69) is 49.6 Å². The largest absolute Gasteiger partial charge is 0.355 e. The van der Waals surface area contributed by atoms with Crippen LogP contribution in [0.4, 0.5) is 0 Å². The molecule has 1 aromatic rings. The zero-order chi connectivity index (χ0) is 13.5. The topological polar surface area (TPSA) is 41.1 Å². The van der Waals surface area contributed by atoms with E-state index >= 15 is 0 Å². The number of amides is 1. The van der Waals surface area contributed by atoms with Gasteiger partial charge >= 0.3 is 0 Å². The molecule has 0 aliphatic rings. The molecule has 0 bridgehead atoms. The molecule has 0 heterocycles. The van der Waals surface area contributed by atoms with E-state index in [9.17, 15) is 4.79 Å². The minimum Gasteiger partial charge on any atom is -0.355 e. The van der Waals surface area contributed by atoms with Crippen LogP contribution in [0.2, 0.25) is 0 Å². The predicted octanol–water partition coefficient (Wildman–Crippen LogP) is 2.31. The van der Waals surface area contributed by atoms with E-state index in [1.54, 1.807) is 0 Å². The fourth-order valence-corrected chi connectivity index (χ4v) is 1.88. The summed E-state index contributed by atoms with van der Waals surface area (Å²) in [5.74, 6) is 0.0723. The quantitative estimate of drug-likeness (QED) is 0.811. The summed E-state index contributed by atoms with van der Waals surface area (Å²) in [5, 5.41) is 6.17. The van der Waals surface area contributed by atoms with Gasteiger partial charge in [-0.15, -0.1) is 0 Å². The van der Waals surface area contributed by atoms with Crippen LogP contribution in [0.15, 0.2) is 18.2 Å². The van der Waals surface area contributed by atoms with Gasteiger partial charge in [-0.25, -0.2) is 0 Å². The van der Waals surface area contributed by atoms with Crippen LogP contribution in [0.5, 0.6) is 0 Å². The number of hydrogen-bond donors (Lipinski definition) is 2. The maximum atomic E-state index is 11.7. The molecule has 0 fully saturated rings. The van der Waals surface area contributed by atoms with Crippen LogP contribution in [0.1, 0.15) is 37.0 Å². The minimum absolute atomic E-state index is 0.0723. The summed E-state index contributed by atoms with van der Waals surface area (Å²) in [6.07, 6.45) is 0.968. The van der Waals surface area contributed by atoms with Gasteiger partial charge in [0.2, 0.25) is 5.91 Å². The lowest BCUT2D eigenvalue weighted by Crippen LogP contribution is -2.42. The van der Waals surface area contributed by atoms with E-state index in [0.717, 1.165) is 19.5 Å². The van der Waals surface area contributed by atoms with Crippen molar-refractivity contribution in [3.63, 3.8) is 0 Å². The molecular formula is C15H24N2O. The van der Waals surface area contributed by atoms with Crippen molar-refractivity contribution in [2.45, 2.75) is 46.7 Å². The van der Waals surface area contributed by atoms with Crippen LogP contribution in [0.25, 0.3) is 0 Å². The Bertz CT molecular complexity index is 381. The zero-order valence-corrected chi connectivity index (χ0v) is 11.8. The second-order valence-corrected chi connectivity index (χ2v) is 4.76. The van der Waals surface area contributed by atoms with E-state index < -0.39 is 0 Å². The fourth-order valence-electron chi connectivity index (χ4n) is 1.88. The summed E-state index contributed by atoms with van der Waals surface area (Å²) in [4.78, 5) is 11.7. The van der Waals surface area contributed by atoms with Crippen LogP contribution in [-0.4, -0.2) is 18.5 Å². The number of nitrogens with one attached hydrogen (secondary N) is 2. The van der Waals surface area contributed by atoms with Crippen molar-refractivity contribution >= 4 is 5.91 Å². The summed E-state index contributed by atoms with van der Waals surface area (Å²) < 4.78 is 0. The van der Waals surface area contributed by atoms with Crippen LogP contribution in [-0.2, 0) is 11.3 Å². The Morgan fingerprint density at radius 2 is 1.89 bits per heavy atom. The van der Waals surface area contributed by atoms with Crippen molar-refractivity contribution in [1.82, 2.24) is 10.6 Å². The Labute approximate surface area is 110 Å². The van der Waals surface area contributed by atoms with E-state index in [0.29, 0.717) is 0 Å². The first-order chi connectivity index (χ1) is 8.56. The average molecular weight is 248 g/mol. The monoisotopic (exact) mass is 248 g/mol. The van der Waals surface area contributed by atoms with E-state index in [1.807, 2.05) is 6.92 Å². The molecule has 1 atom stereocenters. The molecule has 0 saturated heterocycles. The lowest BCUT2D eigenvalue weighted by molar-refractivity contribution is -0.122. The third-order valence-corrected chi connectivity index (χ3v) is 3.17. The van der Waals surface area contributed by atoms with Crippen LogP contribution in [0, 0.1) is 13.8 Å². The molecule has 0 aromatic heterocycles. The van der Waals surface area contributed by atoms with Crippen LogP contribution in [0.3, 0.4) is 0 Å².